The van der Waals surface area contributed by atoms with Crippen LogP contribution in [-0.4, -0.2) is 51.5 Å². The minimum Gasteiger partial charge on any atom is -0.481 e. The predicted molar refractivity (Wildman–Crippen MR) is 89.0 cm³/mol. The summed E-state index contributed by atoms with van der Waals surface area (Å²) in [5.41, 5.74) is 0. The van der Waals surface area contributed by atoms with Gasteiger partial charge in [0, 0.05) is 18.2 Å². The van der Waals surface area contributed by atoms with Crippen molar-refractivity contribution in [3.05, 3.63) is 0 Å². The molecule has 130 valence electrons. The van der Waals surface area contributed by atoms with Crippen molar-refractivity contribution in [3.8, 4) is 0 Å². The van der Waals surface area contributed by atoms with E-state index < -0.39 is 17.9 Å². The highest BCUT2D eigenvalue weighted by Gasteiger charge is 2.37. The molecule has 1 heterocycles. The average molecular weight is 342 g/mol. The van der Waals surface area contributed by atoms with Crippen LogP contribution < -0.4 is 5.32 Å². The largest absolute Gasteiger partial charge is 0.481 e. The molecule has 0 aromatic heterocycles. The Balaban J connectivity index is 2.03. The maximum absolute atomic E-state index is 12.6. The highest BCUT2D eigenvalue weighted by molar-refractivity contribution is 7.99. The Morgan fingerprint density at radius 2 is 1.87 bits per heavy atom. The summed E-state index contributed by atoms with van der Waals surface area (Å²) in [6.45, 7) is 1.79. The number of hydrogen-bond acceptors (Lipinski definition) is 4. The maximum Gasteiger partial charge on any atom is 0.308 e. The Morgan fingerprint density at radius 1 is 1.17 bits per heavy atom. The van der Waals surface area contributed by atoms with E-state index in [9.17, 15) is 19.5 Å². The van der Waals surface area contributed by atoms with Gasteiger partial charge in [0.25, 0.3) is 0 Å². The zero-order valence-corrected chi connectivity index (χ0v) is 14.4. The molecule has 0 radical (unpaired) electrons. The van der Waals surface area contributed by atoms with Gasteiger partial charge < -0.3 is 15.3 Å². The summed E-state index contributed by atoms with van der Waals surface area (Å²) in [6.07, 6.45) is 5.66. The number of aliphatic carboxylic acids is 1. The quantitative estimate of drug-likeness (QED) is 0.814. The van der Waals surface area contributed by atoms with E-state index in [0.29, 0.717) is 30.9 Å². The number of nitrogens with zero attached hydrogens (tertiary/aromatic N) is 1. The van der Waals surface area contributed by atoms with Crippen molar-refractivity contribution < 1.29 is 19.5 Å². The summed E-state index contributed by atoms with van der Waals surface area (Å²) in [5, 5.41) is 12.4. The Hall–Kier alpha value is -1.24. The fourth-order valence-electron chi connectivity index (χ4n) is 3.34. The molecule has 1 aliphatic carbocycles. The third-order valence-electron chi connectivity index (χ3n) is 4.72. The molecule has 7 heteroatoms. The molecular formula is C16H26N2O4S. The van der Waals surface area contributed by atoms with E-state index in [0.717, 1.165) is 25.7 Å². The summed E-state index contributed by atoms with van der Waals surface area (Å²) in [6, 6.07) is -0.795. The Morgan fingerprint density at radius 3 is 2.52 bits per heavy atom. The lowest BCUT2D eigenvalue weighted by Crippen LogP contribution is -2.52. The molecule has 2 N–H and O–H groups in total. The number of rotatable bonds is 4. The van der Waals surface area contributed by atoms with Gasteiger partial charge in [0.1, 0.15) is 6.04 Å². The molecule has 1 saturated carbocycles. The van der Waals surface area contributed by atoms with Gasteiger partial charge in [-0.15, -0.1) is 11.8 Å². The number of hydrogen-bond donors (Lipinski definition) is 2. The first-order chi connectivity index (χ1) is 11.0. The highest BCUT2D eigenvalue weighted by Crippen LogP contribution is 2.25. The number of carboxylic acid groups (broad SMARTS) is 1. The van der Waals surface area contributed by atoms with Crippen molar-refractivity contribution in [2.45, 2.75) is 64.0 Å². The van der Waals surface area contributed by atoms with Crippen LogP contribution in [0.15, 0.2) is 0 Å². The first-order valence-electron chi connectivity index (χ1n) is 8.45. The van der Waals surface area contributed by atoms with E-state index in [1.165, 1.54) is 0 Å². The van der Waals surface area contributed by atoms with Gasteiger partial charge in [-0.3, -0.25) is 14.4 Å². The number of amides is 2. The van der Waals surface area contributed by atoms with Gasteiger partial charge in [0.2, 0.25) is 11.8 Å². The summed E-state index contributed by atoms with van der Waals surface area (Å²) in [4.78, 5) is 37.7. The molecule has 2 fully saturated rings. The summed E-state index contributed by atoms with van der Waals surface area (Å²) in [7, 11) is 0. The number of carbonyl (C=O) groups excluding carboxylic acids is 2. The third kappa shape index (κ3) is 4.62. The van der Waals surface area contributed by atoms with Gasteiger partial charge in [-0.05, 0) is 12.8 Å². The molecule has 6 nitrogen and oxygen atoms in total. The van der Waals surface area contributed by atoms with Crippen molar-refractivity contribution in [2.75, 3.05) is 11.6 Å². The van der Waals surface area contributed by atoms with Crippen molar-refractivity contribution in [3.63, 3.8) is 0 Å². The zero-order valence-electron chi connectivity index (χ0n) is 13.6. The zero-order chi connectivity index (χ0) is 16.8. The average Bonchev–Trinajstić information content (AvgIpc) is 2.98. The SMILES string of the molecule is CCC(=O)N1CSCC1C(=O)NC1CCCCCCC1C(=O)O. The second-order valence-electron chi connectivity index (χ2n) is 6.28. The highest BCUT2D eigenvalue weighted by atomic mass is 32.2. The standard InChI is InChI=1S/C16H26N2O4S/c1-2-14(19)18-10-23-9-13(18)15(20)17-12-8-6-4-3-5-7-11(12)16(21)22/h11-13H,2-10H2,1H3,(H,17,20)(H,21,22). The van der Waals surface area contributed by atoms with Crippen LogP contribution in [0, 0.1) is 5.92 Å². The number of nitrogens with one attached hydrogen (secondary N) is 1. The Labute approximate surface area is 141 Å². The van der Waals surface area contributed by atoms with E-state index in [1.54, 1.807) is 23.6 Å². The molecule has 2 aliphatic rings. The Bertz CT molecular complexity index is 457. The van der Waals surface area contributed by atoms with Crippen LogP contribution in [0.2, 0.25) is 0 Å². The van der Waals surface area contributed by atoms with Gasteiger partial charge >= 0.3 is 5.97 Å². The van der Waals surface area contributed by atoms with E-state index in [1.807, 2.05) is 0 Å². The molecule has 3 atom stereocenters. The second kappa shape index (κ2) is 8.57. The molecular weight excluding hydrogens is 316 g/mol. The summed E-state index contributed by atoms with van der Waals surface area (Å²) < 4.78 is 0. The lowest BCUT2D eigenvalue weighted by Gasteiger charge is -2.30. The number of thioether (sulfide) groups is 1. The van der Waals surface area contributed by atoms with Crippen LogP contribution >= 0.6 is 11.8 Å². The van der Waals surface area contributed by atoms with Crippen molar-refractivity contribution in [1.82, 2.24) is 10.2 Å². The first kappa shape index (κ1) is 18.1. The molecule has 1 aliphatic heterocycles. The fourth-order valence-corrected chi connectivity index (χ4v) is 4.52. The molecule has 3 unspecified atom stereocenters. The van der Waals surface area contributed by atoms with Crippen LogP contribution in [0.1, 0.15) is 51.9 Å². The topological polar surface area (TPSA) is 86.7 Å². The molecule has 0 spiro atoms. The van der Waals surface area contributed by atoms with Gasteiger partial charge in [-0.1, -0.05) is 32.6 Å². The summed E-state index contributed by atoms with van der Waals surface area (Å²) >= 11 is 1.57. The molecule has 1 saturated heterocycles. The third-order valence-corrected chi connectivity index (χ3v) is 5.73. The van der Waals surface area contributed by atoms with Gasteiger partial charge in [0.05, 0.1) is 11.8 Å². The van der Waals surface area contributed by atoms with Crippen LogP contribution in [0.3, 0.4) is 0 Å². The molecule has 0 aromatic rings. The molecule has 23 heavy (non-hydrogen) atoms. The lowest BCUT2D eigenvalue weighted by molar-refractivity contribution is -0.144. The number of carboxylic acids is 1. The van der Waals surface area contributed by atoms with Crippen LogP contribution in [0.4, 0.5) is 0 Å². The van der Waals surface area contributed by atoms with Crippen LogP contribution in [0.5, 0.6) is 0 Å². The van der Waals surface area contributed by atoms with Gasteiger partial charge in [-0.2, -0.15) is 0 Å². The van der Waals surface area contributed by atoms with E-state index in [2.05, 4.69) is 5.32 Å². The minimum atomic E-state index is -0.834. The monoisotopic (exact) mass is 342 g/mol. The van der Waals surface area contributed by atoms with Crippen molar-refractivity contribution in [2.24, 2.45) is 5.92 Å². The second-order valence-corrected chi connectivity index (χ2v) is 7.28. The smallest absolute Gasteiger partial charge is 0.308 e. The van der Waals surface area contributed by atoms with Crippen molar-refractivity contribution >= 4 is 29.5 Å². The summed E-state index contributed by atoms with van der Waals surface area (Å²) in [5.74, 6) is -0.459. The van der Waals surface area contributed by atoms with E-state index in [4.69, 9.17) is 0 Å². The van der Waals surface area contributed by atoms with E-state index in [-0.39, 0.29) is 17.9 Å². The fraction of sp³-hybridized carbons (Fsp3) is 0.812. The minimum absolute atomic E-state index is 0.0254. The molecule has 0 bridgehead atoms. The number of carbonyl (C=O) groups is 3. The van der Waals surface area contributed by atoms with Crippen LogP contribution in [-0.2, 0) is 14.4 Å². The van der Waals surface area contributed by atoms with Gasteiger partial charge in [-0.25, -0.2) is 0 Å². The molecule has 2 amide bonds. The predicted octanol–water partition coefficient (Wildman–Crippen LogP) is 1.84. The lowest BCUT2D eigenvalue weighted by atomic mass is 9.86. The molecule has 0 aromatic carbocycles. The van der Waals surface area contributed by atoms with Crippen molar-refractivity contribution in [1.29, 1.82) is 0 Å². The van der Waals surface area contributed by atoms with Crippen LogP contribution in [0.25, 0.3) is 0 Å². The first-order valence-corrected chi connectivity index (χ1v) is 9.60. The normalized spacial score (nSPS) is 28.7. The van der Waals surface area contributed by atoms with E-state index >= 15 is 0 Å². The maximum atomic E-state index is 12.6. The van der Waals surface area contributed by atoms with Gasteiger partial charge in [0.15, 0.2) is 0 Å². The molecule has 2 rings (SSSR count). The Kier molecular flexibility index (Phi) is 6.74.